The van der Waals surface area contributed by atoms with Crippen LogP contribution in [0.25, 0.3) is 0 Å². The fourth-order valence-corrected chi connectivity index (χ4v) is 2.76. The molecule has 0 radical (unpaired) electrons. The summed E-state index contributed by atoms with van der Waals surface area (Å²) in [6, 6.07) is 1.62. The molecule has 0 aromatic carbocycles. The number of rotatable bonds is 4. The van der Waals surface area contributed by atoms with Crippen LogP contribution >= 0.6 is 0 Å². The van der Waals surface area contributed by atoms with E-state index < -0.39 is 4.92 Å². The number of fused-ring (bicyclic) bond motifs is 1. The number of nitro groups is 1. The highest BCUT2D eigenvalue weighted by Crippen LogP contribution is 2.24. The lowest BCUT2D eigenvalue weighted by Crippen LogP contribution is -2.18. The molecule has 1 aliphatic rings. The third-order valence-corrected chi connectivity index (χ3v) is 3.92. The van der Waals surface area contributed by atoms with Crippen molar-refractivity contribution in [2.45, 2.75) is 45.7 Å². The Morgan fingerprint density at radius 1 is 1.41 bits per heavy atom. The number of nitrogens with one attached hydrogen (secondary N) is 1. The number of aryl methyl sites for hydroxylation is 2. The molecule has 22 heavy (non-hydrogen) atoms. The van der Waals surface area contributed by atoms with Crippen LogP contribution in [0.1, 0.15) is 43.0 Å². The van der Waals surface area contributed by atoms with Gasteiger partial charge in [-0.05, 0) is 32.8 Å². The number of pyridine rings is 1. The predicted octanol–water partition coefficient (Wildman–Crippen LogP) is 2.40. The van der Waals surface area contributed by atoms with E-state index in [2.05, 4.69) is 25.1 Å². The zero-order chi connectivity index (χ0) is 15.7. The van der Waals surface area contributed by atoms with Crippen LogP contribution in [0.4, 0.5) is 11.5 Å². The van der Waals surface area contributed by atoms with E-state index in [-0.39, 0.29) is 11.7 Å². The summed E-state index contributed by atoms with van der Waals surface area (Å²) in [6.07, 6.45) is 4.54. The lowest BCUT2D eigenvalue weighted by molar-refractivity contribution is -0.385. The Hall–Kier alpha value is -2.51. The van der Waals surface area contributed by atoms with E-state index in [4.69, 9.17) is 0 Å². The van der Waals surface area contributed by atoms with E-state index >= 15 is 0 Å². The second kappa shape index (κ2) is 5.70. The van der Waals surface area contributed by atoms with Crippen LogP contribution in [0.5, 0.6) is 0 Å². The van der Waals surface area contributed by atoms with Gasteiger partial charge in [0, 0.05) is 18.5 Å². The zero-order valence-corrected chi connectivity index (χ0v) is 12.6. The van der Waals surface area contributed by atoms with Gasteiger partial charge in [0.2, 0.25) is 0 Å². The monoisotopic (exact) mass is 302 g/mol. The molecule has 8 heteroatoms. The third-order valence-electron chi connectivity index (χ3n) is 3.92. The fourth-order valence-electron chi connectivity index (χ4n) is 2.76. The first-order valence-corrected chi connectivity index (χ1v) is 7.36. The molecular formula is C14H18N6O2. The summed E-state index contributed by atoms with van der Waals surface area (Å²) in [6.45, 7) is 4.63. The second-order valence-electron chi connectivity index (χ2n) is 5.56. The van der Waals surface area contributed by atoms with E-state index in [1.165, 1.54) is 6.20 Å². The maximum absolute atomic E-state index is 10.8. The maximum Gasteiger partial charge on any atom is 0.290 e. The van der Waals surface area contributed by atoms with Gasteiger partial charge in [-0.2, -0.15) is 0 Å². The van der Waals surface area contributed by atoms with Crippen LogP contribution in [0.2, 0.25) is 0 Å². The normalized spacial score (nSPS) is 15.2. The van der Waals surface area contributed by atoms with E-state index in [1.807, 2.05) is 6.92 Å². The molecule has 2 aromatic rings. The molecule has 0 amide bonds. The van der Waals surface area contributed by atoms with Crippen LogP contribution in [0, 0.1) is 17.0 Å². The lowest BCUT2D eigenvalue weighted by atomic mass is 10.1. The van der Waals surface area contributed by atoms with Crippen molar-refractivity contribution >= 4 is 11.5 Å². The topological polar surface area (TPSA) is 98.8 Å². The van der Waals surface area contributed by atoms with Crippen molar-refractivity contribution in [2.24, 2.45) is 0 Å². The van der Waals surface area contributed by atoms with Gasteiger partial charge in [0.25, 0.3) is 5.69 Å². The van der Waals surface area contributed by atoms with Crippen LogP contribution in [-0.4, -0.2) is 24.7 Å². The highest BCUT2D eigenvalue weighted by molar-refractivity contribution is 5.47. The molecule has 0 fully saturated rings. The Morgan fingerprint density at radius 2 is 2.23 bits per heavy atom. The minimum Gasteiger partial charge on any atom is -0.360 e. The highest BCUT2D eigenvalue weighted by atomic mass is 16.6. The smallest absolute Gasteiger partial charge is 0.290 e. The minimum absolute atomic E-state index is 0.0260. The van der Waals surface area contributed by atoms with E-state index in [9.17, 15) is 10.1 Å². The molecule has 0 saturated heterocycles. The van der Waals surface area contributed by atoms with Crippen LogP contribution in [0.15, 0.2) is 12.3 Å². The summed E-state index contributed by atoms with van der Waals surface area (Å²) < 4.78 is 2.15. The van der Waals surface area contributed by atoms with Crippen LogP contribution in [0.3, 0.4) is 0 Å². The summed E-state index contributed by atoms with van der Waals surface area (Å²) >= 11 is 0. The number of hydrogen-bond acceptors (Lipinski definition) is 6. The Bertz CT molecular complexity index is 711. The SMILES string of the molecule is Cc1cc(NC(C)c2nnc3n2CCCC3)ncc1[N+](=O)[O-]. The van der Waals surface area contributed by atoms with Gasteiger partial charge in [-0.1, -0.05) is 0 Å². The predicted molar refractivity (Wildman–Crippen MR) is 80.6 cm³/mol. The van der Waals surface area contributed by atoms with Crippen LogP contribution in [-0.2, 0) is 13.0 Å². The van der Waals surface area contributed by atoms with Gasteiger partial charge in [0.15, 0.2) is 5.82 Å². The summed E-state index contributed by atoms with van der Waals surface area (Å²) in [4.78, 5) is 14.5. The van der Waals surface area contributed by atoms with Gasteiger partial charge in [-0.3, -0.25) is 10.1 Å². The van der Waals surface area contributed by atoms with Gasteiger partial charge >= 0.3 is 0 Å². The lowest BCUT2D eigenvalue weighted by Gasteiger charge is -2.19. The first kappa shape index (κ1) is 14.4. The molecule has 1 atom stereocenters. The van der Waals surface area contributed by atoms with Crippen molar-refractivity contribution in [3.63, 3.8) is 0 Å². The van der Waals surface area contributed by atoms with Gasteiger partial charge in [-0.25, -0.2) is 4.98 Å². The molecule has 3 rings (SSSR count). The summed E-state index contributed by atoms with van der Waals surface area (Å²) in [5.41, 5.74) is 0.607. The maximum atomic E-state index is 10.8. The van der Waals surface area contributed by atoms with Gasteiger partial charge in [0.1, 0.15) is 17.8 Å². The van der Waals surface area contributed by atoms with Crippen molar-refractivity contribution in [1.82, 2.24) is 19.7 Å². The molecule has 0 aliphatic carbocycles. The Morgan fingerprint density at radius 3 is 2.95 bits per heavy atom. The highest BCUT2D eigenvalue weighted by Gasteiger charge is 2.20. The largest absolute Gasteiger partial charge is 0.360 e. The van der Waals surface area contributed by atoms with E-state index in [0.717, 1.165) is 37.5 Å². The summed E-state index contributed by atoms with van der Waals surface area (Å²) in [7, 11) is 0. The number of nitrogens with zero attached hydrogens (tertiary/aromatic N) is 5. The Labute approximate surface area is 127 Å². The quantitative estimate of drug-likeness (QED) is 0.687. The molecule has 1 aliphatic heterocycles. The van der Waals surface area contributed by atoms with E-state index in [0.29, 0.717) is 11.4 Å². The molecule has 1 unspecified atom stereocenters. The van der Waals surface area contributed by atoms with Crippen molar-refractivity contribution < 1.29 is 4.92 Å². The molecule has 0 spiro atoms. The molecule has 2 aromatic heterocycles. The average molecular weight is 302 g/mol. The standard InChI is InChI=1S/C14H18N6O2/c1-9-7-12(15-8-11(9)20(21)22)16-10(2)14-18-17-13-5-3-4-6-19(13)14/h7-8,10H,3-6H2,1-2H3,(H,15,16). The molecule has 0 bridgehead atoms. The number of anilines is 1. The van der Waals surface area contributed by atoms with Gasteiger partial charge in [-0.15, -0.1) is 10.2 Å². The van der Waals surface area contributed by atoms with Crippen molar-refractivity contribution in [2.75, 3.05) is 5.32 Å². The molecule has 116 valence electrons. The van der Waals surface area contributed by atoms with Gasteiger partial charge in [0.05, 0.1) is 11.0 Å². The zero-order valence-electron chi connectivity index (χ0n) is 12.6. The molecule has 0 saturated carbocycles. The second-order valence-corrected chi connectivity index (χ2v) is 5.56. The van der Waals surface area contributed by atoms with Crippen molar-refractivity contribution in [1.29, 1.82) is 0 Å². The molecule has 8 nitrogen and oxygen atoms in total. The molecule has 3 heterocycles. The fraction of sp³-hybridized carbons (Fsp3) is 0.500. The van der Waals surface area contributed by atoms with Gasteiger partial charge < -0.3 is 9.88 Å². The van der Waals surface area contributed by atoms with Crippen molar-refractivity contribution in [3.8, 4) is 0 Å². The van der Waals surface area contributed by atoms with Crippen molar-refractivity contribution in [3.05, 3.63) is 39.6 Å². The van der Waals surface area contributed by atoms with Crippen LogP contribution < -0.4 is 5.32 Å². The Kier molecular flexibility index (Phi) is 3.74. The average Bonchev–Trinajstić information content (AvgIpc) is 2.91. The Balaban J connectivity index is 1.80. The molecule has 1 N–H and O–H groups in total. The number of aromatic nitrogens is 4. The third kappa shape index (κ3) is 2.63. The number of hydrogen-bond donors (Lipinski definition) is 1. The van der Waals surface area contributed by atoms with E-state index in [1.54, 1.807) is 13.0 Å². The first-order valence-electron chi connectivity index (χ1n) is 7.36. The molecular weight excluding hydrogens is 284 g/mol. The first-order chi connectivity index (χ1) is 10.6. The summed E-state index contributed by atoms with van der Waals surface area (Å²) in [5, 5.41) is 22.6. The minimum atomic E-state index is -0.426. The summed E-state index contributed by atoms with van der Waals surface area (Å²) in [5.74, 6) is 2.51.